The maximum atomic E-state index is 12.1. The summed E-state index contributed by atoms with van der Waals surface area (Å²) >= 11 is 5.81. The van der Waals surface area contributed by atoms with E-state index < -0.39 is 0 Å². The topological polar surface area (TPSA) is 32.3 Å². The Morgan fingerprint density at radius 1 is 1.17 bits per heavy atom. The van der Waals surface area contributed by atoms with Crippen molar-refractivity contribution in [3.63, 3.8) is 0 Å². The Morgan fingerprint density at radius 3 is 2.39 bits per heavy atom. The molecule has 0 heterocycles. The van der Waals surface area contributed by atoms with Crippen LogP contribution >= 0.6 is 11.6 Å². The Hall–Kier alpha value is -1.22. The predicted octanol–water partition coefficient (Wildman–Crippen LogP) is 4.38. The second-order valence-electron chi connectivity index (χ2n) is 4.28. The zero-order valence-electron chi connectivity index (χ0n) is 11.1. The minimum Gasteiger partial charge on any atom is -0.325 e. The maximum absolute atomic E-state index is 12.1. The lowest BCUT2D eigenvalue weighted by atomic mass is 10.3. The SMILES string of the molecule is CCCCN(CCC)C(=O)Nc1ccc(Cl)cc1. The largest absolute Gasteiger partial charge is 0.325 e. The molecule has 4 heteroatoms. The van der Waals surface area contributed by atoms with Crippen molar-refractivity contribution in [2.24, 2.45) is 0 Å². The molecule has 1 N–H and O–H groups in total. The molecule has 1 aromatic rings. The van der Waals surface area contributed by atoms with Crippen molar-refractivity contribution in [1.82, 2.24) is 4.90 Å². The van der Waals surface area contributed by atoms with Crippen molar-refractivity contribution in [1.29, 1.82) is 0 Å². The first-order valence-electron chi connectivity index (χ1n) is 6.48. The van der Waals surface area contributed by atoms with Gasteiger partial charge in [-0.15, -0.1) is 0 Å². The number of carbonyl (C=O) groups is 1. The molecule has 0 saturated heterocycles. The van der Waals surface area contributed by atoms with Gasteiger partial charge in [0, 0.05) is 23.8 Å². The van der Waals surface area contributed by atoms with E-state index in [1.807, 2.05) is 17.0 Å². The number of nitrogens with one attached hydrogen (secondary N) is 1. The van der Waals surface area contributed by atoms with E-state index in [0.717, 1.165) is 38.0 Å². The first-order chi connectivity index (χ1) is 8.67. The van der Waals surface area contributed by atoms with Crippen LogP contribution in [-0.4, -0.2) is 24.0 Å². The molecule has 18 heavy (non-hydrogen) atoms. The molecule has 3 nitrogen and oxygen atoms in total. The summed E-state index contributed by atoms with van der Waals surface area (Å²) in [7, 11) is 0. The van der Waals surface area contributed by atoms with Crippen LogP contribution in [0, 0.1) is 0 Å². The first-order valence-corrected chi connectivity index (χ1v) is 6.86. The van der Waals surface area contributed by atoms with E-state index in [-0.39, 0.29) is 6.03 Å². The summed E-state index contributed by atoms with van der Waals surface area (Å²) < 4.78 is 0. The molecule has 1 rings (SSSR count). The highest BCUT2D eigenvalue weighted by Crippen LogP contribution is 2.14. The highest BCUT2D eigenvalue weighted by Gasteiger charge is 2.11. The number of hydrogen-bond donors (Lipinski definition) is 1. The molecule has 2 amide bonds. The van der Waals surface area contributed by atoms with Gasteiger partial charge >= 0.3 is 6.03 Å². The van der Waals surface area contributed by atoms with Crippen molar-refractivity contribution < 1.29 is 4.79 Å². The Bertz CT molecular complexity index is 365. The van der Waals surface area contributed by atoms with E-state index in [2.05, 4.69) is 19.2 Å². The first kappa shape index (κ1) is 14.8. The Kier molecular flexibility index (Phi) is 6.58. The number of carbonyl (C=O) groups excluding carboxylic acids is 1. The minimum atomic E-state index is -0.0346. The van der Waals surface area contributed by atoms with Crippen LogP contribution in [0.25, 0.3) is 0 Å². The molecule has 0 atom stereocenters. The number of rotatable bonds is 6. The summed E-state index contributed by atoms with van der Waals surface area (Å²) in [5, 5.41) is 3.56. The number of halogens is 1. The molecule has 0 aliphatic heterocycles. The van der Waals surface area contributed by atoms with Gasteiger partial charge in [-0.05, 0) is 37.1 Å². The van der Waals surface area contributed by atoms with E-state index in [1.54, 1.807) is 12.1 Å². The summed E-state index contributed by atoms with van der Waals surface area (Å²) in [4.78, 5) is 13.9. The molecular formula is C14H21ClN2O. The van der Waals surface area contributed by atoms with E-state index in [0.29, 0.717) is 5.02 Å². The zero-order chi connectivity index (χ0) is 13.4. The Labute approximate surface area is 114 Å². The second-order valence-corrected chi connectivity index (χ2v) is 4.71. The van der Waals surface area contributed by atoms with Gasteiger partial charge in [-0.1, -0.05) is 31.9 Å². The molecule has 0 bridgehead atoms. The number of hydrogen-bond acceptors (Lipinski definition) is 1. The summed E-state index contributed by atoms with van der Waals surface area (Å²) in [5.41, 5.74) is 0.780. The van der Waals surface area contributed by atoms with Crippen molar-refractivity contribution in [2.45, 2.75) is 33.1 Å². The van der Waals surface area contributed by atoms with Gasteiger partial charge in [-0.3, -0.25) is 0 Å². The quantitative estimate of drug-likeness (QED) is 0.816. The maximum Gasteiger partial charge on any atom is 0.321 e. The monoisotopic (exact) mass is 268 g/mol. The van der Waals surface area contributed by atoms with Gasteiger partial charge in [-0.2, -0.15) is 0 Å². The fourth-order valence-electron chi connectivity index (χ4n) is 1.67. The van der Waals surface area contributed by atoms with Crippen LogP contribution in [-0.2, 0) is 0 Å². The molecule has 100 valence electrons. The van der Waals surface area contributed by atoms with Gasteiger partial charge in [0.25, 0.3) is 0 Å². The summed E-state index contributed by atoms with van der Waals surface area (Å²) in [6.07, 6.45) is 3.10. The van der Waals surface area contributed by atoms with E-state index >= 15 is 0 Å². The smallest absolute Gasteiger partial charge is 0.321 e. The van der Waals surface area contributed by atoms with Crippen molar-refractivity contribution in [2.75, 3.05) is 18.4 Å². The van der Waals surface area contributed by atoms with E-state index in [9.17, 15) is 4.79 Å². The average molecular weight is 269 g/mol. The Morgan fingerprint density at radius 2 is 1.83 bits per heavy atom. The van der Waals surface area contributed by atoms with Gasteiger partial charge in [0.1, 0.15) is 0 Å². The third kappa shape index (κ3) is 4.96. The van der Waals surface area contributed by atoms with Gasteiger partial charge in [0.15, 0.2) is 0 Å². The molecule has 0 aliphatic carbocycles. The lowest BCUT2D eigenvalue weighted by Crippen LogP contribution is -2.36. The normalized spacial score (nSPS) is 10.2. The van der Waals surface area contributed by atoms with Crippen LogP contribution < -0.4 is 5.32 Å². The molecule has 0 aromatic heterocycles. The fraction of sp³-hybridized carbons (Fsp3) is 0.500. The van der Waals surface area contributed by atoms with Crippen LogP contribution in [0.1, 0.15) is 33.1 Å². The molecule has 0 spiro atoms. The number of urea groups is 1. The molecular weight excluding hydrogens is 248 g/mol. The standard InChI is InChI=1S/C14H21ClN2O/c1-3-5-11-17(10-4-2)14(18)16-13-8-6-12(15)7-9-13/h6-9H,3-5,10-11H2,1-2H3,(H,16,18). The fourth-order valence-corrected chi connectivity index (χ4v) is 1.80. The Balaban J connectivity index is 2.57. The summed E-state index contributed by atoms with van der Waals surface area (Å²) in [5.74, 6) is 0. The third-order valence-corrected chi connectivity index (χ3v) is 2.91. The van der Waals surface area contributed by atoms with Gasteiger partial charge in [-0.25, -0.2) is 4.79 Å². The van der Waals surface area contributed by atoms with Crippen molar-refractivity contribution in [3.8, 4) is 0 Å². The van der Waals surface area contributed by atoms with Crippen LogP contribution in [0.2, 0.25) is 5.02 Å². The van der Waals surface area contributed by atoms with Gasteiger partial charge in [0.2, 0.25) is 0 Å². The lowest BCUT2D eigenvalue weighted by Gasteiger charge is -2.22. The van der Waals surface area contributed by atoms with E-state index in [1.165, 1.54) is 0 Å². The van der Waals surface area contributed by atoms with Crippen LogP contribution in [0.3, 0.4) is 0 Å². The van der Waals surface area contributed by atoms with Crippen LogP contribution in [0.15, 0.2) is 24.3 Å². The number of amides is 2. The molecule has 0 radical (unpaired) electrons. The van der Waals surface area contributed by atoms with Gasteiger partial charge < -0.3 is 10.2 Å². The molecule has 0 aliphatic rings. The predicted molar refractivity (Wildman–Crippen MR) is 77.2 cm³/mol. The third-order valence-electron chi connectivity index (χ3n) is 2.66. The van der Waals surface area contributed by atoms with Crippen molar-refractivity contribution in [3.05, 3.63) is 29.3 Å². The summed E-state index contributed by atoms with van der Waals surface area (Å²) in [6, 6.07) is 7.13. The number of nitrogens with zero attached hydrogens (tertiary/aromatic N) is 1. The average Bonchev–Trinajstić information content (AvgIpc) is 2.37. The molecule has 1 aromatic carbocycles. The van der Waals surface area contributed by atoms with Crippen LogP contribution in [0.4, 0.5) is 10.5 Å². The number of anilines is 1. The molecule has 0 fully saturated rings. The lowest BCUT2D eigenvalue weighted by molar-refractivity contribution is 0.211. The number of benzene rings is 1. The van der Waals surface area contributed by atoms with Crippen molar-refractivity contribution >= 4 is 23.3 Å². The number of unbranched alkanes of at least 4 members (excludes halogenated alkanes) is 1. The van der Waals surface area contributed by atoms with E-state index in [4.69, 9.17) is 11.6 Å². The zero-order valence-corrected chi connectivity index (χ0v) is 11.8. The summed E-state index contributed by atoms with van der Waals surface area (Å²) in [6.45, 7) is 5.80. The highest BCUT2D eigenvalue weighted by molar-refractivity contribution is 6.30. The van der Waals surface area contributed by atoms with Crippen LogP contribution in [0.5, 0.6) is 0 Å². The molecule has 0 unspecified atom stereocenters. The van der Waals surface area contributed by atoms with Gasteiger partial charge in [0.05, 0.1) is 0 Å². The highest BCUT2D eigenvalue weighted by atomic mass is 35.5. The molecule has 0 saturated carbocycles. The second kappa shape index (κ2) is 7.98. The minimum absolute atomic E-state index is 0.0346.